The quantitative estimate of drug-likeness (QED) is 0.676. The first-order valence-corrected chi connectivity index (χ1v) is 7.11. The Kier molecular flexibility index (Phi) is 4.12. The summed E-state index contributed by atoms with van der Waals surface area (Å²) < 4.78 is 15.1. The monoisotopic (exact) mass is 333 g/mol. The second kappa shape index (κ2) is 6.21. The maximum Gasteiger partial charge on any atom is 0.344 e. The van der Waals surface area contributed by atoms with E-state index in [1.54, 1.807) is 38.1 Å². The minimum atomic E-state index is -0.549. The number of carbonyl (C=O) groups is 1. The first kappa shape index (κ1) is 15.2. The van der Waals surface area contributed by atoms with Crippen LogP contribution in [0.1, 0.15) is 27.7 Å². The number of carbonyl (C=O) groups excluding carboxylic acids is 1. The minimum absolute atomic E-state index is 0.135. The topological polar surface area (TPSA) is 91.2 Å². The van der Waals surface area contributed by atoms with Crippen LogP contribution in [0.3, 0.4) is 0 Å². The molecule has 23 heavy (non-hydrogen) atoms. The normalized spacial score (nSPS) is 10.7. The van der Waals surface area contributed by atoms with E-state index in [-0.39, 0.29) is 12.5 Å². The van der Waals surface area contributed by atoms with Crippen LogP contribution in [-0.4, -0.2) is 21.3 Å². The summed E-state index contributed by atoms with van der Waals surface area (Å²) in [6, 6.07) is 6.99. The predicted molar refractivity (Wildman–Crippen MR) is 79.8 cm³/mol. The van der Waals surface area contributed by atoms with Gasteiger partial charge in [0.15, 0.2) is 6.61 Å². The van der Waals surface area contributed by atoms with Gasteiger partial charge in [-0.25, -0.2) is 4.79 Å². The highest BCUT2D eigenvalue weighted by molar-refractivity contribution is 6.30. The summed E-state index contributed by atoms with van der Waals surface area (Å²) in [6.45, 7) is 3.17. The van der Waals surface area contributed by atoms with Crippen LogP contribution in [0.15, 0.2) is 33.3 Å². The Morgan fingerprint density at radius 3 is 2.57 bits per heavy atom. The molecule has 3 aromatic rings. The van der Waals surface area contributed by atoms with Crippen LogP contribution in [0.4, 0.5) is 0 Å². The van der Waals surface area contributed by atoms with Crippen LogP contribution in [0, 0.1) is 13.8 Å². The fourth-order valence-electron chi connectivity index (χ4n) is 2.00. The third-order valence-electron chi connectivity index (χ3n) is 3.13. The third-order valence-corrected chi connectivity index (χ3v) is 3.39. The van der Waals surface area contributed by atoms with Gasteiger partial charge in [-0.1, -0.05) is 21.9 Å². The van der Waals surface area contributed by atoms with Gasteiger partial charge in [0.05, 0.1) is 5.69 Å². The Labute approximate surface area is 136 Å². The van der Waals surface area contributed by atoms with E-state index in [0.717, 1.165) is 5.56 Å². The van der Waals surface area contributed by atoms with Crippen molar-refractivity contribution >= 4 is 17.6 Å². The van der Waals surface area contributed by atoms with Crippen molar-refractivity contribution in [3.05, 3.63) is 52.2 Å². The zero-order valence-corrected chi connectivity index (χ0v) is 13.1. The van der Waals surface area contributed by atoms with Crippen molar-refractivity contribution in [1.82, 2.24) is 15.3 Å². The maximum absolute atomic E-state index is 12.0. The zero-order chi connectivity index (χ0) is 16.4. The Bertz CT molecular complexity index is 819. The molecule has 0 aliphatic heterocycles. The fourth-order valence-corrected chi connectivity index (χ4v) is 2.13. The SMILES string of the molecule is Cc1noc(C)c1C(=O)OCc1nc(-c2ccc(Cl)cc2)no1. The van der Waals surface area contributed by atoms with Crippen molar-refractivity contribution in [2.75, 3.05) is 0 Å². The van der Waals surface area contributed by atoms with E-state index in [4.69, 9.17) is 25.4 Å². The molecule has 0 unspecified atom stereocenters. The molecule has 0 atom stereocenters. The van der Waals surface area contributed by atoms with Gasteiger partial charge in [0.1, 0.15) is 11.3 Å². The lowest BCUT2D eigenvalue weighted by molar-refractivity contribution is 0.0427. The number of aryl methyl sites for hydroxylation is 2. The number of aromatic nitrogens is 3. The van der Waals surface area contributed by atoms with Gasteiger partial charge in [0.25, 0.3) is 5.89 Å². The van der Waals surface area contributed by atoms with Gasteiger partial charge in [0.2, 0.25) is 5.82 Å². The van der Waals surface area contributed by atoms with Crippen LogP contribution in [0.2, 0.25) is 5.02 Å². The van der Waals surface area contributed by atoms with Crippen molar-refractivity contribution in [2.45, 2.75) is 20.5 Å². The second-order valence-electron chi connectivity index (χ2n) is 4.79. The first-order valence-electron chi connectivity index (χ1n) is 6.73. The van der Waals surface area contributed by atoms with Crippen LogP contribution >= 0.6 is 11.6 Å². The molecule has 8 heteroatoms. The molecule has 0 spiro atoms. The van der Waals surface area contributed by atoms with E-state index < -0.39 is 5.97 Å². The second-order valence-corrected chi connectivity index (χ2v) is 5.23. The minimum Gasteiger partial charge on any atom is -0.452 e. The van der Waals surface area contributed by atoms with E-state index in [2.05, 4.69) is 15.3 Å². The standard InChI is InChI=1S/C15H12ClN3O4/c1-8-13(9(2)22-18-8)15(20)21-7-12-17-14(19-23-12)10-3-5-11(16)6-4-10/h3-6H,7H2,1-2H3. The number of nitrogens with zero attached hydrogens (tertiary/aromatic N) is 3. The molecule has 0 radical (unpaired) electrons. The molecule has 0 bridgehead atoms. The molecule has 0 aliphatic rings. The number of hydrogen-bond donors (Lipinski definition) is 0. The summed E-state index contributed by atoms with van der Waals surface area (Å²) in [5.74, 6) is 0.437. The highest BCUT2D eigenvalue weighted by atomic mass is 35.5. The van der Waals surface area contributed by atoms with E-state index >= 15 is 0 Å². The molecular formula is C15H12ClN3O4. The number of ether oxygens (including phenoxy) is 1. The number of halogens is 1. The molecule has 0 fully saturated rings. The van der Waals surface area contributed by atoms with Crippen LogP contribution in [-0.2, 0) is 11.3 Å². The van der Waals surface area contributed by atoms with Crippen LogP contribution in [0.25, 0.3) is 11.4 Å². The molecule has 0 saturated heterocycles. The van der Waals surface area contributed by atoms with Crippen molar-refractivity contribution in [3.63, 3.8) is 0 Å². The Hall–Kier alpha value is -2.67. The zero-order valence-electron chi connectivity index (χ0n) is 12.4. The van der Waals surface area contributed by atoms with Crippen molar-refractivity contribution < 1.29 is 18.6 Å². The van der Waals surface area contributed by atoms with Gasteiger partial charge in [-0.3, -0.25) is 0 Å². The van der Waals surface area contributed by atoms with E-state index in [1.165, 1.54) is 0 Å². The molecule has 0 saturated carbocycles. The van der Waals surface area contributed by atoms with Gasteiger partial charge in [0, 0.05) is 10.6 Å². The molecule has 118 valence electrons. The Balaban J connectivity index is 1.68. The molecule has 0 amide bonds. The van der Waals surface area contributed by atoms with Crippen molar-refractivity contribution in [1.29, 1.82) is 0 Å². The van der Waals surface area contributed by atoms with Crippen LogP contribution in [0.5, 0.6) is 0 Å². The summed E-state index contributed by atoms with van der Waals surface area (Å²) in [6.07, 6.45) is 0. The molecule has 7 nitrogen and oxygen atoms in total. The Morgan fingerprint density at radius 2 is 1.91 bits per heavy atom. The number of rotatable bonds is 4. The number of hydrogen-bond acceptors (Lipinski definition) is 7. The van der Waals surface area contributed by atoms with Crippen molar-refractivity contribution in [3.8, 4) is 11.4 Å². The fraction of sp³-hybridized carbons (Fsp3) is 0.200. The van der Waals surface area contributed by atoms with Gasteiger partial charge in [-0.2, -0.15) is 4.98 Å². The molecule has 1 aromatic carbocycles. The van der Waals surface area contributed by atoms with Crippen LogP contribution < -0.4 is 0 Å². The summed E-state index contributed by atoms with van der Waals surface area (Å²) in [5, 5.41) is 8.16. The molecule has 0 N–H and O–H groups in total. The first-order chi connectivity index (χ1) is 11.0. The maximum atomic E-state index is 12.0. The molecule has 2 aromatic heterocycles. The van der Waals surface area contributed by atoms with E-state index in [1.807, 2.05) is 0 Å². The largest absolute Gasteiger partial charge is 0.452 e. The molecule has 0 aliphatic carbocycles. The van der Waals surface area contributed by atoms with Gasteiger partial charge >= 0.3 is 5.97 Å². The van der Waals surface area contributed by atoms with E-state index in [0.29, 0.717) is 27.9 Å². The lowest BCUT2D eigenvalue weighted by Gasteiger charge is -2.00. The average Bonchev–Trinajstić information content (AvgIpc) is 3.13. The third kappa shape index (κ3) is 3.24. The highest BCUT2D eigenvalue weighted by Gasteiger charge is 2.20. The summed E-state index contributed by atoms with van der Waals surface area (Å²) in [5.41, 5.74) is 1.53. The van der Waals surface area contributed by atoms with Gasteiger partial charge < -0.3 is 13.8 Å². The molecule has 2 heterocycles. The molecule has 3 rings (SSSR count). The summed E-state index contributed by atoms with van der Waals surface area (Å²) >= 11 is 5.83. The van der Waals surface area contributed by atoms with Crippen molar-refractivity contribution in [2.24, 2.45) is 0 Å². The van der Waals surface area contributed by atoms with Gasteiger partial charge in [-0.05, 0) is 38.1 Å². The smallest absolute Gasteiger partial charge is 0.344 e. The van der Waals surface area contributed by atoms with E-state index in [9.17, 15) is 4.79 Å². The lowest BCUT2D eigenvalue weighted by atomic mass is 10.2. The number of benzene rings is 1. The summed E-state index contributed by atoms with van der Waals surface area (Å²) in [4.78, 5) is 16.2. The Morgan fingerprint density at radius 1 is 1.17 bits per heavy atom. The highest BCUT2D eigenvalue weighted by Crippen LogP contribution is 2.19. The average molecular weight is 334 g/mol. The predicted octanol–water partition coefficient (Wildman–Crippen LogP) is 3.35. The summed E-state index contributed by atoms with van der Waals surface area (Å²) in [7, 11) is 0. The number of esters is 1. The lowest BCUT2D eigenvalue weighted by Crippen LogP contribution is -2.07. The molecular weight excluding hydrogens is 322 g/mol. The van der Waals surface area contributed by atoms with Gasteiger partial charge in [-0.15, -0.1) is 0 Å².